The van der Waals surface area contributed by atoms with Gasteiger partial charge in [-0.1, -0.05) is 19.1 Å². The Labute approximate surface area is 112 Å². The van der Waals surface area contributed by atoms with Crippen LogP contribution in [0.4, 0.5) is 11.4 Å². The highest BCUT2D eigenvalue weighted by atomic mass is 16.1. The molecule has 5 heteroatoms. The minimum Gasteiger partial charge on any atom is -0.397 e. The van der Waals surface area contributed by atoms with Crippen LogP contribution in [0.15, 0.2) is 30.6 Å². The van der Waals surface area contributed by atoms with E-state index >= 15 is 0 Å². The molecule has 3 N–H and O–H groups in total. The number of amides is 1. The van der Waals surface area contributed by atoms with Crippen LogP contribution in [0.25, 0.3) is 0 Å². The molecule has 1 amide bonds. The molecule has 1 heterocycles. The third-order valence-corrected chi connectivity index (χ3v) is 3.00. The number of nitrogen functional groups attached to an aromatic ring is 1. The van der Waals surface area contributed by atoms with E-state index in [9.17, 15) is 4.79 Å². The number of nitrogens with one attached hydrogen (secondary N) is 1. The molecule has 1 aromatic heterocycles. The van der Waals surface area contributed by atoms with E-state index in [1.54, 1.807) is 18.5 Å². The molecule has 100 valence electrons. The molecule has 0 fully saturated rings. The number of hydrogen-bond acceptors (Lipinski definition) is 3. The maximum atomic E-state index is 12.0. The van der Waals surface area contributed by atoms with Crippen molar-refractivity contribution in [1.29, 1.82) is 0 Å². The molecule has 0 saturated heterocycles. The highest BCUT2D eigenvalue weighted by Crippen LogP contribution is 2.22. The zero-order valence-electron chi connectivity index (χ0n) is 11.2. The summed E-state index contributed by atoms with van der Waals surface area (Å²) in [5.41, 5.74) is 8.08. The number of imidazole rings is 1. The van der Waals surface area contributed by atoms with Gasteiger partial charge < -0.3 is 15.6 Å². The number of nitrogens with zero attached hydrogens (tertiary/aromatic N) is 2. The molecule has 0 spiro atoms. The maximum Gasteiger partial charge on any atom is 0.244 e. The Balaban J connectivity index is 2.10. The van der Waals surface area contributed by atoms with Crippen molar-refractivity contribution < 1.29 is 4.79 Å². The Morgan fingerprint density at radius 3 is 2.95 bits per heavy atom. The van der Waals surface area contributed by atoms with Gasteiger partial charge in [-0.05, 0) is 18.6 Å². The third-order valence-electron chi connectivity index (χ3n) is 3.00. The summed E-state index contributed by atoms with van der Waals surface area (Å²) in [7, 11) is 0. The molecule has 0 radical (unpaired) electrons. The van der Waals surface area contributed by atoms with E-state index in [1.807, 2.05) is 30.5 Å². The minimum absolute atomic E-state index is 0.103. The van der Waals surface area contributed by atoms with Crippen LogP contribution in [-0.2, 0) is 17.8 Å². The average molecular weight is 258 g/mol. The van der Waals surface area contributed by atoms with Crippen molar-refractivity contribution in [2.24, 2.45) is 0 Å². The number of rotatable bonds is 4. The average Bonchev–Trinajstić information content (AvgIpc) is 2.81. The maximum absolute atomic E-state index is 12.0. The van der Waals surface area contributed by atoms with Gasteiger partial charge in [0.1, 0.15) is 12.4 Å². The number of aryl methyl sites for hydroxylation is 2. The molecular weight excluding hydrogens is 240 g/mol. The van der Waals surface area contributed by atoms with E-state index in [1.165, 1.54) is 0 Å². The van der Waals surface area contributed by atoms with Crippen LogP contribution < -0.4 is 11.1 Å². The van der Waals surface area contributed by atoms with Crippen molar-refractivity contribution in [1.82, 2.24) is 9.55 Å². The van der Waals surface area contributed by atoms with Crippen molar-refractivity contribution in [2.45, 2.75) is 26.8 Å². The van der Waals surface area contributed by atoms with Gasteiger partial charge in [-0.3, -0.25) is 4.79 Å². The fourth-order valence-corrected chi connectivity index (χ4v) is 1.99. The summed E-state index contributed by atoms with van der Waals surface area (Å²) in [4.78, 5) is 16.2. The predicted molar refractivity (Wildman–Crippen MR) is 75.8 cm³/mol. The molecule has 0 bridgehead atoms. The van der Waals surface area contributed by atoms with Crippen LogP contribution in [0.5, 0.6) is 0 Å². The number of nitrogens with two attached hydrogens (primary N) is 1. The Kier molecular flexibility index (Phi) is 3.85. The molecule has 0 unspecified atom stereocenters. The fourth-order valence-electron chi connectivity index (χ4n) is 1.99. The van der Waals surface area contributed by atoms with Gasteiger partial charge in [0, 0.05) is 18.8 Å². The summed E-state index contributed by atoms with van der Waals surface area (Å²) in [6.45, 7) is 4.17. The number of para-hydroxylation sites is 1. The summed E-state index contributed by atoms with van der Waals surface area (Å²) in [6, 6.07) is 5.56. The summed E-state index contributed by atoms with van der Waals surface area (Å²) in [5.74, 6) is 0.793. The Morgan fingerprint density at radius 1 is 1.47 bits per heavy atom. The highest BCUT2D eigenvalue weighted by Gasteiger charge is 2.10. The summed E-state index contributed by atoms with van der Waals surface area (Å²) in [6.07, 6.45) is 4.31. The summed E-state index contributed by atoms with van der Waals surface area (Å²) >= 11 is 0. The van der Waals surface area contributed by atoms with Gasteiger partial charge >= 0.3 is 0 Å². The Bertz CT molecular complexity index is 569. The van der Waals surface area contributed by atoms with Gasteiger partial charge in [-0.25, -0.2) is 4.98 Å². The Morgan fingerprint density at radius 2 is 2.26 bits per heavy atom. The first-order valence-corrected chi connectivity index (χ1v) is 6.26. The van der Waals surface area contributed by atoms with Crippen molar-refractivity contribution in [3.63, 3.8) is 0 Å². The molecule has 1 aromatic carbocycles. The van der Waals surface area contributed by atoms with Crippen molar-refractivity contribution >= 4 is 17.3 Å². The van der Waals surface area contributed by atoms with Crippen LogP contribution >= 0.6 is 0 Å². The van der Waals surface area contributed by atoms with Crippen LogP contribution in [-0.4, -0.2) is 15.5 Å². The first kappa shape index (κ1) is 13.1. The van der Waals surface area contributed by atoms with E-state index in [4.69, 9.17) is 5.73 Å². The topological polar surface area (TPSA) is 72.9 Å². The van der Waals surface area contributed by atoms with Gasteiger partial charge in [0.15, 0.2) is 0 Å². The second kappa shape index (κ2) is 5.56. The van der Waals surface area contributed by atoms with Crippen molar-refractivity contribution in [2.75, 3.05) is 11.1 Å². The van der Waals surface area contributed by atoms with E-state index in [0.29, 0.717) is 11.4 Å². The molecular formula is C14H18N4O. The number of hydrogen-bond donors (Lipinski definition) is 2. The van der Waals surface area contributed by atoms with Crippen molar-refractivity contribution in [3.8, 4) is 0 Å². The third kappa shape index (κ3) is 2.93. The van der Waals surface area contributed by atoms with E-state index < -0.39 is 0 Å². The minimum atomic E-state index is -0.103. The number of benzene rings is 1. The molecule has 5 nitrogen and oxygen atoms in total. The van der Waals surface area contributed by atoms with E-state index in [2.05, 4.69) is 10.3 Å². The number of anilines is 2. The number of carbonyl (C=O) groups is 1. The van der Waals surface area contributed by atoms with Gasteiger partial charge in [-0.2, -0.15) is 0 Å². The lowest BCUT2D eigenvalue weighted by atomic mass is 10.1. The summed E-state index contributed by atoms with van der Waals surface area (Å²) < 4.78 is 1.84. The molecule has 2 rings (SSSR count). The molecule has 0 atom stereocenters. The predicted octanol–water partition coefficient (Wildman–Crippen LogP) is 1.97. The fraction of sp³-hybridized carbons (Fsp3) is 0.286. The Hall–Kier alpha value is -2.30. The lowest BCUT2D eigenvalue weighted by molar-refractivity contribution is -0.116. The van der Waals surface area contributed by atoms with E-state index in [0.717, 1.165) is 17.8 Å². The van der Waals surface area contributed by atoms with Crippen LogP contribution in [0.2, 0.25) is 0 Å². The molecule has 0 aliphatic rings. The number of carbonyl (C=O) groups excluding carboxylic acids is 1. The zero-order chi connectivity index (χ0) is 13.8. The second-order valence-electron chi connectivity index (χ2n) is 4.41. The van der Waals surface area contributed by atoms with Gasteiger partial charge in [0.25, 0.3) is 0 Å². The smallest absolute Gasteiger partial charge is 0.244 e. The largest absolute Gasteiger partial charge is 0.397 e. The molecule has 0 aliphatic carbocycles. The van der Waals surface area contributed by atoms with Crippen molar-refractivity contribution in [3.05, 3.63) is 42.0 Å². The van der Waals surface area contributed by atoms with Gasteiger partial charge in [0.05, 0.1) is 11.4 Å². The molecule has 19 heavy (non-hydrogen) atoms. The van der Waals surface area contributed by atoms with Crippen LogP contribution in [0.3, 0.4) is 0 Å². The summed E-state index contributed by atoms with van der Waals surface area (Å²) in [5, 5.41) is 2.86. The monoisotopic (exact) mass is 258 g/mol. The van der Waals surface area contributed by atoms with Gasteiger partial charge in [-0.15, -0.1) is 0 Å². The van der Waals surface area contributed by atoms with Gasteiger partial charge in [0.2, 0.25) is 5.91 Å². The molecule has 0 aliphatic heterocycles. The van der Waals surface area contributed by atoms with Crippen LogP contribution in [0, 0.1) is 6.92 Å². The van der Waals surface area contributed by atoms with E-state index in [-0.39, 0.29) is 12.5 Å². The van der Waals surface area contributed by atoms with Crippen LogP contribution in [0.1, 0.15) is 18.3 Å². The normalized spacial score (nSPS) is 10.4. The quantitative estimate of drug-likeness (QED) is 0.823. The SMILES string of the molecule is CCc1nccn1CC(=O)Nc1c(C)cccc1N. The molecule has 0 saturated carbocycles. The zero-order valence-corrected chi connectivity index (χ0v) is 11.2. The standard InChI is InChI=1S/C14H18N4O/c1-3-12-16-7-8-18(12)9-13(19)17-14-10(2)5-4-6-11(14)15/h4-8H,3,9,15H2,1-2H3,(H,17,19). The highest BCUT2D eigenvalue weighted by molar-refractivity contribution is 5.94. The lowest BCUT2D eigenvalue weighted by Crippen LogP contribution is -2.20. The first-order valence-electron chi connectivity index (χ1n) is 6.26. The molecule has 2 aromatic rings. The second-order valence-corrected chi connectivity index (χ2v) is 4.41. The first-order chi connectivity index (χ1) is 9.11. The number of aromatic nitrogens is 2. The lowest BCUT2D eigenvalue weighted by Gasteiger charge is -2.12.